The van der Waals surface area contributed by atoms with Crippen molar-refractivity contribution in [2.45, 2.75) is 25.8 Å². The van der Waals surface area contributed by atoms with E-state index < -0.39 is 0 Å². The fraction of sp³-hybridized carbons (Fsp3) is 0.444. The molecule has 1 heterocycles. The summed E-state index contributed by atoms with van der Waals surface area (Å²) in [7, 11) is 0. The molecule has 0 aromatic carbocycles. The molecule has 0 radical (unpaired) electrons. The maximum atomic E-state index is 5.89. The highest BCUT2D eigenvalue weighted by molar-refractivity contribution is 5.85. The molecule has 1 aromatic heterocycles. The van der Waals surface area contributed by atoms with E-state index in [1.807, 2.05) is 12.1 Å². The van der Waals surface area contributed by atoms with E-state index in [2.05, 4.69) is 11.9 Å². The Balaban J connectivity index is 0.00000144. The van der Waals surface area contributed by atoms with Crippen LogP contribution in [0.2, 0.25) is 0 Å². The molecule has 1 atom stereocenters. The molecule has 3 nitrogen and oxygen atoms in total. The normalized spacial score (nSPS) is 11.8. The van der Waals surface area contributed by atoms with Crippen LogP contribution in [0.4, 0.5) is 5.82 Å². The monoisotopic (exact) mass is 201 g/mol. The molecule has 1 rings (SSSR count). The van der Waals surface area contributed by atoms with Crippen molar-refractivity contribution in [3.63, 3.8) is 0 Å². The number of nitrogens with two attached hydrogens (primary N) is 2. The molecule has 0 spiro atoms. The van der Waals surface area contributed by atoms with Crippen LogP contribution >= 0.6 is 12.4 Å². The van der Waals surface area contributed by atoms with E-state index in [9.17, 15) is 0 Å². The first-order chi connectivity index (χ1) is 5.75. The quantitative estimate of drug-likeness (QED) is 0.785. The van der Waals surface area contributed by atoms with Crippen molar-refractivity contribution in [3.8, 4) is 0 Å². The maximum absolute atomic E-state index is 5.89. The fourth-order valence-corrected chi connectivity index (χ4v) is 1.21. The third-order valence-electron chi connectivity index (χ3n) is 1.87. The molecule has 13 heavy (non-hydrogen) atoms. The summed E-state index contributed by atoms with van der Waals surface area (Å²) in [5, 5.41) is 0. The van der Waals surface area contributed by atoms with E-state index in [1.165, 1.54) is 0 Å². The number of nitrogen functional groups attached to an aromatic ring is 1. The molecule has 74 valence electrons. The summed E-state index contributed by atoms with van der Waals surface area (Å²) in [5.74, 6) is 0.554. The third-order valence-corrected chi connectivity index (χ3v) is 1.87. The van der Waals surface area contributed by atoms with Gasteiger partial charge in [0.1, 0.15) is 5.82 Å². The lowest BCUT2D eigenvalue weighted by molar-refractivity contribution is 0.638. The Morgan fingerprint density at radius 3 is 2.77 bits per heavy atom. The zero-order chi connectivity index (χ0) is 8.97. The van der Waals surface area contributed by atoms with Crippen LogP contribution in [-0.4, -0.2) is 4.98 Å². The average molecular weight is 202 g/mol. The van der Waals surface area contributed by atoms with Gasteiger partial charge in [0.15, 0.2) is 0 Å². The number of pyridine rings is 1. The Labute approximate surface area is 84.9 Å². The fourth-order valence-electron chi connectivity index (χ4n) is 1.21. The Morgan fingerprint density at radius 1 is 1.54 bits per heavy atom. The smallest absolute Gasteiger partial charge is 0.128 e. The lowest BCUT2D eigenvalue weighted by Gasteiger charge is -2.11. The topological polar surface area (TPSA) is 64.9 Å². The summed E-state index contributed by atoms with van der Waals surface area (Å²) < 4.78 is 0. The Kier molecular flexibility index (Phi) is 5.42. The zero-order valence-corrected chi connectivity index (χ0v) is 8.55. The summed E-state index contributed by atoms with van der Waals surface area (Å²) in [6.45, 7) is 2.10. The predicted molar refractivity (Wildman–Crippen MR) is 57.7 cm³/mol. The van der Waals surface area contributed by atoms with Crippen LogP contribution in [-0.2, 0) is 0 Å². The Hall–Kier alpha value is -0.800. The first-order valence-electron chi connectivity index (χ1n) is 4.21. The van der Waals surface area contributed by atoms with E-state index >= 15 is 0 Å². The SMILES string of the molecule is CCC[C@@H](N)c1cccnc1N.Cl. The first-order valence-corrected chi connectivity index (χ1v) is 4.21. The standard InChI is InChI=1S/C9H15N3.ClH/c1-2-4-8(10)7-5-3-6-12-9(7)11;/h3,5-6,8H,2,4,10H2,1H3,(H2,11,12);1H/t8-;/m1./s1. The molecule has 0 unspecified atom stereocenters. The van der Waals surface area contributed by atoms with Gasteiger partial charge in [0, 0.05) is 17.8 Å². The molecule has 4 heteroatoms. The summed E-state index contributed by atoms with van der Waals surface area (Å²) in [6, 6.07) is 3.83. The second kappa shape index (κ2) is 5.78. The number of nitrogens with zero attached hydrogens (tertiary/aromatic N) is 1. The van der Waals surface area contributed by atoms with E-state index in [0.717, 1.165) is 18.4 Å². The first kappa shape index (κ1) is 12.2. The van der Waals surface area contributed by atoms with Crippen LogP contribution < -0.4 is 11.5 Å². The minimum absolute atomic E-state index is 0. The Bertz CT molecular complexity index is 252. The number of aromatic nitrogens is 1. The second-order valence-electron chi connectivity index (χ2n) is 2.87. The van der Waals surface area contributed by atoms with E-state index in [1.54, 1.807) is 6.20 Å². The molecule has 4 N–H and O–H groups in total. The van der Waals surface area contributed by atoms with Crippen LogP contribution in [0.1, 0.15) is 31.4 Å². The minimum Gasteiger partial charge on any atom is -0.383 e. The lowest BCUT2D eigenvalue weighted by Crippen LogP contribution is -2.12. The average Bonchev–Trinajstić information content (AvgIpc) is 2.05. The van der Waals surface area contributed by atoms with Crippen molar-refractivity contribution in [2.75, 3.05) is 5.73 Å². The number of hydrogen-bond acceptors (Lipinski definition) is 3. The summed E-state index contributed by atoms with van der Waals surface area (Å²) in [4.78, 5) is 3.98. The van der Waals surface area contributed by atoms with Crippen LogP contribution in [0.5, 0.6) is 0 Å². The number of hydrogen-bond donors (Lipinski definition) is 2. The highest BCUT2D eigenvalue weighted by Gasteiger charge is 2.07. The molecule has 1 aromatic rings. The summed E-state index contributed by atoms with van der Waals surface area (Å²) >= 11 is 0. The van der Waals surface area contributed by atoms with Crippen LogP contribution in [0.25, 0.3) is 0 Å². The van der Waals surface area contributed by atoms with Crippen molar-refractivity contribution in [1.29, 1.82) is 0 Å². The lowest BCUT2D eigenvalue weighted by atomic mass is 10.0. The van der Waals surface area contributed by atoms with Crippen molar-refractivity contribution < 1.29 is 0 Å². The highest BCUT2D eigenvalue weighted by Crippen LogP contribution is 2.19. The van der Waals surface area contributed by atoms with Gasteiger partial charge in [-0.1, -0.05) is 19.4 Å². The van der Waals surface area contributed by atoms with Gasteiger partial charge in [0.2, 0.25) is 0 Å². The highest BCUT2D eigenvalue weighted by atomic mass is 35.5. The molecule has 0 aliphatic heterocycles. The second-order valence-corrected chi connectivity index (χ2v) is 2.87. The van der Waals surface area contributed by atoms with Crippen LogP contribution in [0, 0.1) is 0 Å². The molecule has 0 amide bonds. The predicted octanol–water partition coefficient (Wildman–Crippen LogP) is 1.89. The summed E-state index contributed by atoms with van der Waals surface area (Å²) in [6.07, 6.45) is 3.70. The Morgan fingerprint density at radius 2 is 2.23 bits per heavy atom. The van der Waals surface area contributed by atoms with E-state index in [0.29, 0.717) is 5.82 Å². The van der Waals surface area contributed by atoms with Crippen LogP contribution in [0.15, 0.2) is 18.3 Å². The van der Waals surface area contributed by atoms with Gasteiger partial charge in [-0.15, -0.1) is 12.4 Å². The van der Waals surface area contributed by atoms with E-state index in [4.69, 9.17) is 11.5 Å². The zero-order valence-electron chi connectivity index (χ0n) is 7.73. The number of rotatable bonds is 3. The third kappa shape index (κ3) is 3.20. The maximum Gasteiger partial charge on any atom is 0.128 e. The molecular formula is C9H16ClN3. The number of halogens is 1. The molecule has 0 aliphatic rings. The molecule has 0 bridgehead atoms. The minimum atomic E-state index is 0. The van der Waals surface area contributed by atoms with E-state index in [-0.39, 0.29) is 18.4 Å². The molecule has 0 saturated heterocycles. The van der Waals surface area contributed by atoms with Crippen molar-refractivity contribution in [1.82, 2.24) is 4.98 Å². The van der Waals surface area contributed by atoms with Gasteiger partial charge in [-0.2, -0.15) is 0 Å². The molecular weight excluding hydrogens is 186 g/mol. The van der Waals surface area contributed by atoms with Crippen molar-refractivity contribution in [3.05, 3.63) is 23.9 Å². The molecule has 0 aliphatic carbocycles. The van der Waals surface area contributed by atoms with Crippen molar-refractivity contribution >= 4 is 18.2 Å². The van der Waals surface area contributed by atoms with Crippen LogP contribution in [0.3, 0.4) is 0 Å². The largest absolute Gasteiger partial charge is 0.383 e. The summed E-state index contributed by atoms with van der Waals surface area (Å²) in [5.41, 5.74) is 12.5. The molecule has 0 fully saturated rings. The van der Waals surface area contributed by atoms with Gasteiger partial charge in [-0.25, -0.2) is 4.98 Å². The number of anilines is 1. The van der Waals surface area contributed by atoms with Gasteiger partial charge in [-0.3, -0.25) is 0 Å². The van der Waals surface area contributed by atoms with Gasteiger partial charge in [-0.05, 0) is 12.5 Å². The van der Waals surface area contributed by atoms with Crippen molar-refractivity contribution in [2.24, 2.45) is 5.73 Å². The van der Waals surface area contributed by atoms with Gasteiger partial charge in [0.05, 0.1) is 0 Å². The van der Waals surface area contributed by atoms with Gasteiger partial charge >= 0.3 is 0 Å². The van der Waals surface area contributed by atoms with Gasteiger partial charge < -0.3 is 11.5 Å². The molecule has 0 saturated carbocycles. The van der Waals surface area contributed by atoms with Gasteiger partial charge in [0.25, 0.3) is 0 Å².